The van der Waals surface area contributed by atoms with E-state index < -0.39 is 5.72 Å². The van der Waals surface area contributed by atoms with Gasteiger partial charge in [-0.2, -0.15) is 0 Å². The van der Waals surface area contributed by atoms with Crippen LogP contribution in [-0.2, 0) is 0 Å². The van der Waals surface area contributed by atoms with Crippen molar-refractivity contribution in [2.45, 2.75) is 89.7 Å². The Morgan fingerprint density at radius 2 is 1.41 bits per heavy atom. The van der Waals surface area contributed by atoms with Gasteiger partial charge < -0.3 is 5.11 Å². The highest BCUT2D eigenvalue weighted by Crippen LogP contribution is 2.26. The van der Waals surface area contributed by atoms with E-state index in [4.69, 9.17) is 0 Å². The Bertz CT molecular complexity index is 176. The number of hydrogen-bond acceptors (Lipinski definition) is 2. The molecular formula is C15H31NO. The van der Waals surface area contributed by atoms with E-state index in [-0.39, 0.29) is 0 Å². The molecule has 0 saturated heterocycles. The van der Waals surface area contributed by atoms with Crippen molar-refractivity contribution in [2.24, 2.45) is 0 Å². The molecule has 1 saturated carbocycles. The van der Waals surface area contributed by atoms with Crippen LogP contribution in [-0.4, -0.2) is 17.4 Å². The fourth-order valence-electron chi connectivity index (χ4n) is 2.72. The van der Waals surface area contributed by atoms with Gasteiger partial charge in [-0.1, -0.05) is 51.9 Å². The van der Waals surface area contributed by atoms with Gasteiger partial charge in [-0.15, -0.1) is 0 Å². The summed E-state index contributed by atoms with van der Waals surface area (Å²) in [4.78, 5) is 0. The standard InChI is InChI=1S/C15H31NO/c1-2-3-4-5-6-7-8-11-14-16-15(17)12-9-10-13-15/h16-17H,2-14H2,1H3. The van der Waals surface area contributed by atoms with Crippen LogP contribution in [0.15, 0.2) is 0 Å². The van der Waals surface area contributed by atoms with E-state index in [1.807, 2.05) is 0 Å². The summed E-state index contributed by atoms with van der Waals surface area (Å²) in [7, 11) is 0. The molecule has 2 N–H and O–H groups in total. The largest absolute Gasteiger partial charge is 0.376 e. The first-order valence-electron chi connectivity index (χ1n) is 7.74. The monoisotopic (exact) mass is 241 g/mol. The molecule has 0 amide bonds. The van der Waals surface area contributed by atoms with E-state index in [1.54, 1.807) is 0 Å². The van der Waals surface area contributed by atoms with Gasteiger partial charge in [0.2, 0.25) is 0 Å². The molecule has 0 heterocycles. The Labute approximate surface area is 107 Å². The number of hydrogen-bond donors (Lipinski definition) is 2. The molecule has 17 heavy (non-hydrogen) atoms. The van der Waals surface area contributed by atoms with E-state index >= 15 is 0 Å². The molecule has 2 nitrogen and oxygen atoms in total. The summed E-state index contributed by atoms with van der Waals surface area (Å²) < 4.78 is 0. The van der Waals surface area contributed by atoms with Crippen LogP contribution in [0.2, 0.25) is 0 Å². The maximum absolute atomic E-state index is 10.1. The van der Waals surface area contributed by atoms with Crippen LogP contribution in [0.1, 0.15) is 84.0 Å². The zero-order valence-corrected chi connectivity index (χ0v) is 11.6. The predicted molar refractivity (Wildman–Crippen MR) is 74.0 cm³/mol. The Balaban J connectivity index is 1.81. The minimum absolute atomic E-state index is 0.513. The quantitative estimate of drug-likeness (QED) is 0.448. The van der Waals surface area contributed by atoms with Crippen molar-refractivity contribution in [3.05, 3.63) is 0 Å². The van der Waals surface area contributed by atoms with Crippen LogP contribution in [0.4, 0.5) is 0 Å². The predicted octanol–water partition coefficient (Wildman–Crippen LogP) is 3.98. The van der Waals surface area contributed by atoms with Gasteiger partial charge in [-0.05, 0) is 38.6 Å². The molecule has 0 aromatic rings. The fraction of sp³-hybridized carbons (Fsp3) is 1.00. The lowest BCUT2D eigenvalue weighted by Crippen LogP contribution is -2.42. The zero-order chi connectivity index (χ0) is 12.4. The third-order valence-corrected chi connectivity index (χ3v) is 3.92. The molecule has 102 valence electrons. The lowest BCUT2D eigenvalue weighted by Gasteiger charge is -2.23. The van der Waals surface area contributed by atoms with E-state index in [2.05, 4.69) is 12.2 Å². The Hall–Kier alpha value is -0.0800. The molecule has 0 atom stereocenters. The first kappa shape index (κ1) is 15.0. The van der Waals surface area contributed by atoms with Gasteiger partial charge in [0.15, 0.2) is 0 Å². The molecule has 0 spiro atoms. The average Bonchev–Trinajstić information content (AvgIpc) is 2.74. The highest BCUT2D eigenvalue weighted by atomic mass is 16.3. The molecule has 0 aromatic heterocycles. The smallest absolute Gasteiger partial charge is 0.116 e. The van der Waals surface area contributed by atoms with Crippen LogP contribution >= 0.6 is 0 Å². The van der Waals surface area contributed by atoms with Gasteiger partial charge in [0, 0.05) is 0 Å². The summed E-state index contributed by atoms with van der Waals surface area (Å²) >= 11 is 0. The third-order valence-electron chi connectivity index (χ3n) is 3.92. The van der Waals surface area contributed by atoms with Gasteiger partial charge in [0.25, 0.3) is 0 Å². The molecular weight excluding hydrogens is 210 g/mol. The number of aliphatic hydroxyl groups is 1. The van der Waals surface area contributed by atoms with Gasteiger partial charge in [0.1, 0.15) is 5.72 Å². The fourth-order valence-corrected chi connectivity index (χ4v) is 2.72. The maximum Gasteiger partial charge on any atom is 0.116 e. The third kappa shape index (κ3) is 7.05. The second-order valence-electron chi connectivity index (χ2n) is 5.64. The molecule has 1 aliphatic rings. The van der Waals surface area contributed by atoms with Gasteiger partial charge in [-0.25, -0.2) is 0 Å². The van der Waals surface area contributed by atoms with Crippen molar-refractivity contribution in [1.29, 1.82) is 0 Å². The molecule has 1 rings (SSSR count). The Kier molecular flexibility index (Phi) is 7.87. The van der Waals surface area contributed by atoms with E-state index in [9.17, 15) is 5.11 Å². The minimum Gasteiger partial charge on any atom is -0.376 e. The lowest BCUT2D eigenvalue weighted by molar-refractivity contribution is 0.0123. The topological polar surface area (TPSA) is 32.3 Å². The molecule has 0 bridgehead atoms. The van der Waals surface area contributed by atoms with Crippen LogP contribution in [0.3, 0.4) is 0 Å². The van der Waals surface area contributed by atoms with Gasteiger partial charge in [0.05, 0.1) is 0 Å². The highest BCUT2D eigenvalue weighted by Gasteiger charge is 2.29. The molecule has 0 aliphatic heterocycles. The Morgan fingerprint density at radius 1 is 0.882 bits per heavy atom. The summed E-state index contributed by atoms with van der Waals surface area (Å²) in [5, 5.41) is 13.4. The second-order valence-corrected chi connectivity index (χ2v) is 5.64. The molecule has 2 heteroatoms. The summed E-state index contributed by atoms with van der Waals surface area (Å²) in [6.07, 6.45) is 15.1. The number of rotatable bonds is 10. The van der Waals surface area contributed by atoms with Crippen molar-refractivity contribution in [1.82, 2.24) is 5.32 Å². The number of unbranched alkanes of at least 4 members (excludes halogenated alkanes) is 7. The molecule has 0 unspecified atom stereocenters. The molecule has 0 aromatic carbocycles. The van der Waals surface area contributed by atoms with Crippen LogP contribution in [0.5, 0.6) is 0 Å². The first-order valence-corrected chi connectivity index (χ1v) is 7.74. The summed E-state index contributed by atoms with van der Waals surface area (Å²) in [5.41, 5.74) is -0.513. The van der Waals surface area contributed by atoms with Crippen molar-refractivity contribution >= 4 is 0 Å². The van der Waals surface area contributed by atoms with E-state index in [0.29, 0.717) is 0 Å². The van der Waals surface area contributed by atoms with Crippen molar-refractivity contribution in [2.75, 3.05) is 6.54 Å². The lowest BCUT2D eigenvalue weighted by atomic mass is 10.1. The summed E-state index contributed by atoms with van der Waals surface area (Å²) in [6.45, 7) is 3.25. The van der Waals surface area contributed by atoms with E-state index in [0.717, 1.165) is 19.4 Å². The van der Waals surface area contributed by atoms with E-state index in [1.165, 1.54) is 64.2 Å². The maximum atomic E-state index is 10.1. The second kappa shape index (κ2) is 8.93. The molecule has 1 fully saturated rings. The summed E-state index contributed by atoms with van der Waals surface area (Å²) in [6, 6.07) is 0. The molecule has 1 aliphatic carbocycles. The molecule has 0 radical (unpaired) electrons. The van der Waals surface area contributed by atoms with Crippen molar-refractivity contribution in [3.8, 4) is 0 Å². The zero-order valence-electron chi connectivity index (χ0n) is 11.6. The number of nitrogens with one attached hydrogen (secondary N) is 1. The minimum atomic E-state index is -0.513. The van der Waals surface area contributed by atoms with Crippen LogP contribution < -0.4 is 5.32 Å². The SMILES string of the molecule is CCCCCCCCCCNC1(O)CCCC1. The van der Waals surface area contributed by atoms with Crippen molar-refractivity contribution in [3.63, 3.8) is 0 Å². The summed E-state index contributed by atoms with van der Waals surface area (Å²) in [5.74, 6) is 0. The van der Waals surface area contributed by atoms with Crippen LogP contribution in [0.25, 0.3) is 0 Å². The first-order chi connectivity index (χ1) is 8.27. The highest BCUT2D eigenvalue weighted by molar-refractivity contribution is 4.81. The Morgan fingerprint density at radius 3 is 2.00 bits per heavy atom. The van der Waals surface area contributed by atoms with Gasteiger partial charge >= 0.3 is 0 Å². The normalized spacial score (nSPS) is 18.7. The van der Waals surface area contributed by atoms with Crippen LogP contribution in [0, 0.1) is 0 Å². The average molecular weight is 241 g/mol. The van der Waals surface area contributed by atoms with Gasteiger partial charge in [-0.3, -0.25) is 5.32 Å². The van der Waals surface area contributed by atoms with Crippen molar-refractivity contribution < 1.29 is 5.11 Å².